The summed E-state index contributed by atoms with van der Waals surface area (Å²) in [7, 11) is 0. The summed E-state index contributed by atoms with van der Waals surface area (Å²) >= 11 is 0. The number of unbranched alkanes of at least 4 members (excludes halogenated alkanes) is 2. The van der Waals surface area contributed by atoms with Gasteiger partial charge in [-0.15, -0.1) is 0 Å². The Labute approximate surface area is 198 Å². The zero-order valence-electron chi connectivity index (χ0n) is 19.5. The number of halogens is 6. The van der Waals surface area contributed by atoms with Crippen molar-refractivity contribution in [3.05, 3.63) is 76.1 Å². The molecule has 0 radical (unpaired) electrons. The molecular formula is C28H32F6. The van der Waals surface area contributed by atoms with Crippen LogP contribution in [-0.4, -0.2) is 6.18 Å². The van der Waals surface area contributed by atoms with Gasteiger partial charge in [-0.1, -0.05) is 44.7 Å². The summed E-state index contributed by atoms with van der Waals surface area (Å²) in [6, 6.07) is 7.29. The van der Waals surface area contributed by atoms with Gasteiger partial charge in [0.25, 0.3) is 0 Å². The minimum atomic E-state index is -4.66. The van der Waals surface area contributed by atoms with E-state index in [2.05, 4.69) is 6.92 Å². The second-order valence-electron chi connectivity index (χ2n) is 9.41. The van der Waals surface area contributed by atoms with Gasteiger partial charge in [-0.2, -0.15) is 13.2 Å². The van der Waals surface area contributed by atoms with Gasteiger partial charge in [0.2, 0.25) is 0 Å². The van der Waals surface area contributed by atoms with Crippen LogP contribution in [-0.2, 0) is 12.8 Å². The maximum Gasteiger partial charge on any atom is 0.409 e. The number of rotatable bonds is 9. The van der Waals surface area contributed by atoms with Crippen molar-refractivity contribution >= 4 is 6.08 Å². The van der Waals surface area contributed by atoms with Crippen molar-refractivity contribution < 1.29 is 26.3 Å². The van der Waals surface area contributed by atoms with E-state index in [4.69, 9.17) is 0 Å². The van der Waals surface area contributed by atoms with Gasteiger partial charge in [0, 0.05) is 11.6 Å². The monoisotopic (exact) mass is 482 g/mol. The van der Waals surface area contributed by atoms with E-state index in [1.807, 2.05) is 6.07 Å². The van der Waals surface area contributed by atoms with E-state index in [1.165, 1.54) is 38.5 Å². The normalized spacial score (nSPS) is 19.1. The number of hydrogen-bond donors (Lipinski definition) is 0. The lowest BCUT2D eigenvalue weighted by Crippen LogP contribution is -2.13. The molecule has 2 aromatic carbocycles. The van der Waals surface area contributed by atoms with Gasteiger partial charge in [-0.25, -0.2) is 13.2 Å². The summed E-state index contributed by atoms with van der Waals surface area (Å²) in [5, 5.41) is 0. The van der Waals surface area contributed by atoms with Crippen LogP contribution in [0.5, 0.6) is 0 Å². The predicted octanol–water partition coefficient (Wildman–Crippen LogP) is 9.32. The van der Waals surface area contributed by atoms with Crippen LogP contribution < -0.4 is 0 Å². The summed E-state index contributed by atoms with van der Waals surface area (Å²) < 4.78 is 79.9. The summed E-state index contributed by atoms with van der Waals surface area (Å²) in [5.41, 5.74) is 0.991. The van der Waals surface area contributed by atoms with Crippen LogP contribution in [0.2, 0.25) is 0 Å². The standard InChI is InChI=1S/C28H32F6/c1-2-3-4-5-19-6-9-21(10-7-19)23-13-12-22(25(29)18-23)11-8-20-16-26(30)24(27(31)17-20)14-15-28(32,33)34/h12-19,21H,2-11H2,1H3. The number of benzene rings is 2. The molecule has 3 rings (SSSR count). The maximum atomic E-state index is 14.8. The van der Waals surface area contributed by atoms with E-state index in [9.17, 15) is 26.3 Å². The predicted molar refractivity (Wildman–Crippen MR) is 124 cm³/mol. The molecule has 186 valence electrons. The third-order valence-electron chi connectivity index (χ3n) is 6.87. The fraction of sp³-hybridized carbons (Fsp3) is 0.500. The fourth-order valence-electron chi connectivity index (χ4n) is 4.88. The van der Waals surface area contributed by atoms with Crippen LogP contribution in [0.15, 0.2) is 36.4 Å². The summed E-state index contributed by atoms with van der Waals surface area (Å²) in [5.74, 6) is -1.32. The summed E-state index contributed by atoms with van der Waals surface area (Å²) in [6.07, 6.45) is 5.54. The van der Waals surface area contributed by atoms with Crippen LogP contribution in [0.1, 0.15) is 86.5 Å². The van der Waals surface area contributed by atoms with Crippen molar-refractivity contribution in [1.29, 1.82) is 0 Å². The number of aryl methyl sites for hydroxylation is 2. The third kappa shape index (κ3) is 7.64. The smallest absolute Gasteiger partial charge is 0.207 e. The molecule has 0 unspecified atom stereocenters. The van der Waals surface area contributed by atoms with Crippen molar-refractivity contribution in [2.75, 3.05) is 0 Å². The van der Waals surface area contributed by atoms with Gasteiger partial charge in [0.1, 0.15) is 17.5 Å². The third-order valence-corrected chi connectivity index (χ3v) is 6.87. The second kappa shape index (κ2) is 11.9. The van der Waals surface area contributed by atoms with E-state index < -0.39 is 23.4 Å². The van der Waals surface area contributed by atoms with Crippen LogP contribution >= 0.6 is 0 Å². The number of allylic oxidation sites excluding steroid dienone is 1. The lowest BCUT2D eigenvalue weighted by Gasteiger charge is -2.29. The first-order valence-corrected chi connectivity index (χ1v) is 12.2. The average molecular weight is 483 g/mol. The zero-order valence-corrected chi connectivity index (χ0v) is 19.5. The van der Waals surface area contributed by atoms with Crippen molar-refractivity contribution in [1.82, 2.24) is 0 Å². The van der Waals surface area contributed by atoms with E-state index in [-0.39, 0.29) is 30.3 Å². The summed E-state index contributed by atoms with van der Waals surface area (Å²) in [6.45, 7) is 2.21. The minimum absolute atomic E-state index is 0.177. The van der Waals surface area contributed by atoms with E-state index >= 15 is 0 Å². The Balaban J connectivity index is 1.58. The largest absolute Gasteiger partial charge is 0.409 e. The first-order chi connectivity index (χ1) is 16.2. The molecule has 6 heteroatoms. The number of hydrogen-bond acceptors (Lipinski definition) is 0. The quantitative estimate of drug-likeness (QED) is 0.247. The summed E-state index contributed by atoms with van der Waals surface area (Å²) in [4.78, 5) is 0. The van der Waals surface area contributed by atoms with Gasteiger partial charge >= 0.3 is 6.18 Å². The highest BCUT2D eigenvalue weighted by Crippen LogP contribution is 2.38. The number of alkyl halides is 3. The fourth-order valence-corrected chi connectivity index (χ4v) is 4.88. The molecule has 0 heterocycles. The highest BCUT2D eigenvalue weighted by molar-refractivity contribution is 5.52. The first kappa shape index (κ1) is 26.4. The maximum absolute atomic E-state index is 14.8. The van der Waals surface area contributed by atoms with Gasteiger partial charge in [-0.3, -0.25) is 0 Å². The molecule has 1 aliphatic carbocycles. The molecule has 1 saturated carbocycles. The highest BCUT2D eigenvalue weighted by Gasteiger charge is 2.24. The average Bonchev–Trinajstić information content (AvgIpc) is 2.77. The van der Waals surface area contributed by atoms with Gasteiger partial charge in [0.15, 0.2) is 0 Å². The van der Waals surface area contributed by atoms with E-state index in [1.54, 1.807) is 12.1 Å². The van der Waals surface area contributed by atoms with Crippen molar-refractivity contribution in [3.63, 3.8) is 0 Å². The van der Waals surface area contributed by atoms with E-state index in [0.717, 1.165) is 36.5 Å². The van der Waals surface area contributed by atoms with Gasteiger partial charge in [-0.05, 0) is 91.3 Å². The van der Waals surface area contributed by atoms with Gasteiger partial charge < -0.3 is 0 Å². The Bertz CT molecular complexity index is 944. The van der Waals surface area contributed by atoms with Crippen molar-refractivity contribution in [2.24, 2.45) is 5.92 Å². The SMILES string of the molecule is CCCCCC1CCC(c2ccc(CCc3cc(F)c(C=CC(F)(F)F)c(F)c3)c(F)c2)CC1. The molecule has 34 heavy (non-hydrogen) atoms. The van der Waals surface area contributed by atoms with Crippen LogP contribution in [0.4, 0.5) is 26.3 Å². The molecule has 0 atom stereocenters. The van der Waals surface area contributed by atoms with Crippen molar-refractivity contribution in [2.45, 2.75) is 83.2 Å². The molecule has 1 fully saturated rings. The topological polar surface area (TPSA) is 0 Å². The molecule has 0 nitrogen and oxygen atoms in total. The van der Waals surface area contributed by atoms with E-state index in [0.29, 0.717) is 17.6 Å². The zero-order chi connectivity index (χ0) is 24.7. The molecule has 0 N–H and O–H groups in total. The Hall–Kier alpha value is -2.24. The molecule has 2 aromatic rings. The molecule has 0 aliphatic heterocycles. The van der Waals surface area contributed by atoms with Crippen LogP contribution in [0.25, 0.3) is 6.08 Å². The Morgan fingerprint density at radius 2 is 1.53 bits per heavy atom. The molecule has 0 bridgehead atoms. The van der Waals surface area contributed by atoms with Crippen molar-refractivity contribution in [3.8, 4) is 0 Å². The molecule has 1 aliphatic rings. The Morgan fingerprint density at radius 1 is 0.853 bits per heavy atom. The lowest BCUT2D eigenvalue weighted by atomic mass is 9.77. The Morgan fingerprint density at radius 3 is 2.12 bits per heavy atom. The highest BCUT2D eigenvalue weighted by atomic mass is 19.4. The molecule has 0 saturated heterocycles. The molecular weight excluding hydrogens is 450 g/mol. The Kier molecular flexibility index (Phi) is 9.26. The van der Waals surface area contributed by atoms with Crippen LogP contribution in [0.3, 0.4) is 0 Å². The van der Waals surface area contributed by atoms with Crippen LogP contribution in [0, 0.1) is 23.4 Å². The molecule has 0 amide bonds. The second-order valence-corrected chi connectivity index (χ2v) is 9.41. The van der Waals surface area contributed by atoms with Gasteiger partial charge in [0.05, 0.1) is 0 Å². The minimum Gasteiger partial charge on any atom is -0.207 e. The molecule has 0 aromatic heterocycles. The first-order valence-electron chi connectivity index (χ1n) is 12.2. The molecule has 0 spiro atoms. The lowest BCUT2D eigenvalue weighted by molar-refractivity contribution is -0.0790.